The van der Waals surface area contributed by atoms with Gasteiger partial charge in [0.2, 0.25) is 0 Å². The number of nitrogens with zero attached hydrogens (tertiary/aromatic N) is 1. The van der Waals surface area contributed by atoms with Crippen LogP contribution in [0.1, 0.15) is 30.0 Å². The average Bonchev–Trinajstić information content (AvgIpc) is 2.98. The summed E-state index contributed by atoms with van der Waals surface area (Å²) in [7, 11) is 0. The lowest BCUT2D eigenvalue weighted by atomic mass is 9.93. The molecule has 2 N–H and O–H groups in total. The van der Waals surface area contributed by atoms with Crippen LogP contribution in [0.15, 0.2) is 36.4 Å². The van der Waals surface area contributed by atoms with E-state index in [1.807, 2.05) is 30.4 Å². The number of aliphatic carboxylic acids is 1. The van der Waals surface area contributed by atoms with Gasteiger partial charge in [-0.1, -0.05) is 36.4 Å². The Bertz CT molecular complexity index is 589. The molecule has 21 heavy (non-hydrogen) atoms. The zero-order valence-corrected chi connectivity index (χ0v) is 11.7. The summed E-state index contributed by atoms with van der Waals surface area (Å²) in [5, 5.41) is 12.5. The Morgan fingerprint density at radius 1 is 1.19 bits per heavy atom. The Labute approximate surface area is 123 Å². The molecule has 0 saturated heterocycles. The molecular weight excluding hydrogens is 268 g/mol. The number of nitrogens with one attached hydrogen (secondary N) is 1. The molecule has 0 fully saturated rings. The van der Waals surface area contributed by atoms with Crippen LogP contribution in [0.2, 0.25) is 0 Å². The zero-order valence-electron chi connectivity index (χ0n) is 11.7. The van der Waals surface area contributed by atoms with E-state index in [9.17, 15) is 14.7 Å². The first-order valence-corrected chi connectivity index (χ1v) is 7.19. The Kier molecular flexibility index (Phi) is 3.64. The molecule has 2 amide bonds. The van der Waals surface area contributed by atoms with Crippen LogP contribution in [0.5, 0.6) is 0 Å². The molecule has 1 heterocycles. The van der Waals surface area contributed by atoms with Crippen molar-refractivity contribution in [1.29, 1.82) is 0 Å². The number of hydrogen-bond acceptors (Lipinski definition) is 2. The van der Waals surface area contributed by atoms with E-state index >= 15 is 0 Å². The van der Waals surface area contributed by atoms with Crippen LogP contribution < -0.4 is 5.32 Å². The first-order valence-electron chi connectivity index (χ1n) is 7.19. The predicted molar refractivity (Wildman–Crippen MR) is 77.9 cm³/mol. The van der Waals surface area contributed by atoms with Gasteiger partial charge in [0.25, 0.3) is 0 Å². The number of carbonyl (C=O) groups excluding carboxylic acids is 1. The van der Waals surface area contributed by atoms with Crippen molar-refractivity contribution in [3.63, 3.8) is 0 Å². The maximum absolute atomic E-state index is 12.4. The first-order chi connectivity index (χ1) is 10.2. The summed E-state index contributed by atoms with van der Waals surface area (Å²) >= 11 is 0. The van der Waals surface area contributed by atoms with Crippen LogP contribution in [0.4, 0.5) is 4.79 Å². The van der Waals surface area contributed by atoms with Crippen LogP contribution in [0.3, 0.4) is 0 Å². The van der Waals surface area contributed by atoms with E-state index in [2.05, 4.69) is 5.32 Å². The van der Waals surface area contributed by atoms with Crippen LogP contribution in [0.25, 0.3) is 0 Å². The predicted octanol–water partition coefficient (Wildman–Crippen LogP) is 2.10. The third-order valence-corrected chi connectivity index (χ3v) is 4.11. The lowest BCUT2D eigenvalue weighted by molar-refractivity contribution is -0.142. The average molecular weight is 286 g/mol. The number of carbonyl (C=O) groups is 2. The Balaban J connectivity index is 1.81. The number of rotatable bonds is 2. The molecule has 1 unspecified atom stereocenters. The number of benzene rings is 1. The van der Waals surface area contributed by atoms with Gasteiger partial charge in [-0.25, -0.2) is 9.59 Å². The van der Waals surface area contributed by atoms with Crippen molar-refractivity contribution < 1.29 is 14.7 Å². The highest BCUT2D eigenvalue weighted by molar-refractivity contribution is 5.85. The fourth-order valence-electron chi connectivity index (χ4n) is 3.04. The maximum atomic E-state index is 12.4. The molecule has 1 aromatic rings. The number of amides is 2. The summed E-state index contributed by atoms with van der Waals surface area (Å²) in [4.78, 5) is 25.5. The van der Waals surface area contributed by atoms with Crippen molar-refractivity contribution in [3.8, 4) is 0 Å². The van der Waals surface area contributed by atoms with Crippen LogP contribution in [0, 0.1) is 0 Å². The molecule has 5 nitrogen and oxygen atoms in total. The molecular formula is C16H18N2O3. The van der Waals surface area contributed by atoms with E-state index in [-0.39, 0.29) is 12.1 Å². The third-order valence-electron chi connectivity index (χ3n) is 4.11. The standard InChI is InChI=1S/C16H18N2O3/c19-15(20)14-13-8-4-1-5-11(13)9-10-18(14)16(21)17-12-6-2-3-7-12/h1-5,8,12,14H,6-7,9-10H2,(H,17,21)(H,19,20). The molecule has 110 valence electrons. The molecule has 3 rings (SSSR count). The SMILES string of the molecule is O=C(O)C1c2ccccc2CCN1C(=O)NC1CC=CC1. The topological polar surface area (TPSA) is 69.6 Å². The normalized spacial score (nSPS) is 21.1. The lowest BCUT2D eigenvalue weighted by Crippen LogP contribution is -2.50. The Morgan fingerprint density at radius 3 is 2.62 bits per heavy atom. The van der Waals surface area contributed by atoms with Crippen molar-refractivity contribution in [3.05, 3.63) is 47.5 Å². The number of carboxylic acids is 1. The summed E-state index contributed by atoms with van der Waals surface area (Å²) < 4.78 is 0. The van der Waals surface area contributed by atoms with Gasteiger partial charge < -0.3 is 15.3 Å². The van der Waals surface area contributed by atoms with E-state index in [0.717, 1.165) is 24.0 Å². The largest absolute Gasteiger partial charge is 0.479 e. The van der Waals surface area contributed by atoms with E-state index in [1.165, 1.54) is 4.90 Å². The minimum atomic E-state index is -0.984. The molecule has 5 heteroatoms. The van der Waals surface area contributed by atoms with Crippen molar-refractivity contribution >= 4 is 12.0 Å². The van der Waals surface area contributed by atoms with Crippen molar-refractivity contribution in [2.45, 2.75) is 31.3 Å². The van der Waals surface area contributed by atoms with Gasteiger partial charge in [0.15, 0.2) is 6.04 Å². The molecule has 1 aromatic carbocycles. The van der Waals surface area contributed by atoms with E-state index in [1.54, 1.807) is 6.07 Å². The highest BCUT2D eigenvalue weighted by Gasteiger charge is 2.36. The monoisotopic (exact) mass is 286 g/mol. The third kappa shape index (κ3) is 2.63. The second-order valence-corrected chi connectivity index (χ2v) is 5.47. The summed E-state index contributed by atoms with van der Waals surface area (Å²) in [6.07, 6.45) is 6.38. The molecule has 0 saturated carbocycles. The van der Waals surface area contributed by atoms with E-state index in [4.69, 9.17) is 0 Å². The fraction of sp³-hybridized carbons (Fsp3) is 0.375. The molecule has 1 atom stereocenters. The number of urea groups is 1. The van der Waals surface area contributed by atoms with Crippen LogP contribution in [-0.2, 0) is 11.2 Å². The van der Waals surface area contributed by atoms with Gasteiger partial charge in [-0.2, -0.15) is 0 Å². The number of carboxylic acid groups (broad SMARTS) is 1. The Morgan fingerprint density at radius 2 is 1.90 bits per heavy atom. The number of fused-ring (bicyclic) bond motifs is 1. The molecule has 0 spiro atoms. The van der Waals surface area contributed by atoms with Crippen molar-refractivity contribution in [2.24, 2.45) is 0 Å². The van der Waals surface area contributed by atoms with Crippen molar-refractivity contribution in [1.82, 2.24) is 10.2 Å². The highest BCUT2D eigenvalue weighted by atomic mass is 16.4. The number of hydrogen-bond donors (Lipinski definition) is 2. The highest BCUT2D eigenvalue weighted by Crippen LogP contribution is 2.30. The van der Waals surface area contributed by atoms with Gasteiger partial charge in [-0.05, 0) is 30.4 Å². The Hall–Kier alpha value is -2.30. The molecule has 0 bridgehead atoms. The zero-order chi connectivity index (χ0) is 14.8. The smallest absolute Gasteiger partial charge is 0.331 e. The van der Waals surface area contributed by atoms with Crippen LogP contribution >= 0.6 is 0 Å². The van der Waals surface area contributed by atoms with Crippen LogP contribution in [-0.4, -0.2) is 34.6 Å². The van der Waals surface area contributed by atoms with Gasteiger partial charge in [0, 0.05) is 12.6 Å². The molecule has 0 aromatic heterocycles. The second kappa shape index (κ2) is 5.60. The quantitative estimate of drug-likeness (QED) is 0.818. The molecule has 0 radical (unpaired) electrons. The van der Waals surface area contributed by atoms with Gasteiger partial charge in [0.1, 0.15) is 0 Å². The van der Waals surface area contributed by atoms with E-state index in [0.29, 0.717) is 13.0 Å². The first kappa shape index (κ1) is 13.7. The fourth-order valence-corrected chi connectivity index (χ4v) is 3.04. The van der Waals surface area contributed by atoms with E-state index < -0.39 is 12.0 Å². The van der Waals surface area contributed by atoms with Gasteiger partial charge >= 0.3 is 12.0 Å². The van der Waals surface area contributed by atoms with Gasteiger partial charge in [-0.15, -0.1) is 0 Å². The molecule has 2 aliphatic rings. The minimum Gasteiger partial charge on any atom is -0.479 e. The summed E-state index contributed by atoms with van der Waals surface area (Å²) in [6, 6.07) is 6.35. The summed E-state index contributed by atoms with van der Waals surface area (Å²) in [5.41, 5.74) is 1.73. The van der Waals surface area contributed by atoms with Crippen molar-refractivity contribution in [2.75, 3.05) is 6.54 Å². The van der Waals surface area contributed by atoms with Gasteiger partial charge in [-0.3, -0.25) is 0 Å². The molecule has 1 aliphatic carbocycles. The summed E-state index contributed by atoms with van der Waals surface area (Å²) in [6.45, 7) is 0.431. The molecule has 1 aliphatic heterocycles. The minimum absolute atomic E-state index is 0.0871. The maximum Gasteiger partial charge on any atom is 0.331 e. The summed E-state index contributed by atoms with van der Waals surface area (Å²) in [5.74, 6) is -0.984. The lowest BCUT2D eigenvalue weighted by Gasteiger charge is -2.35. The van der Waals surface area contributed by atoms with Gasteiger partial charge in [0.05, 0.1) is 0 Å². The second-order valence-electron chi connectivity index (χ2n) is 5.47.